The molecule has 1 aromatic carbocycles. The molecule has 2 amide bonds. The van der Waals surface area contributed by atoms with Gasteiger partial charge in [0.05, 0.1) is 27.4 Å². The molecule has 4 rings (SSSR count). The summed E-state index contributed by atoms with van der Waals surface area (Å²) in [5.74, 6) is -1.53. The van der Waals surface area contributed by atoms with Crippen LogP contribution in [-0.4, -0.2) is 119 Å². The van der Waals surface area contributed by atoms with E-state index in [1.54, 1.807) is 12.1 Å². The predicted octanol–water partition coefficient (Wildman–Crippen LogP) is -3.55. The second-order valence-corrected chi connectivity index (χ2v) is 18.7. The number of anilines is 1. The maximum Gasteiger partial charge on any atom is 0.274 e. The van der Waals surface area contributed by atoms with Gasteiger partial charge in [-0.15, -0.1) is 0 Å². The summed E-state index contributed by atoms with van der Waals surface area (Å²) in [7, 11) is -17.7. The largest absolute Gasteiger partial charge is 0.790 e. The van der Waals surface area contributed by atoms with Crippen molar-refractivity contribution in [1.29, 1.82) is 0 Å². The normalized spacial score (nSPS) is 21.5. The van der Waals surface area contributed by atoms with Crippen LogP contribution in [0.5, 0.6) is 5.75 Å². The zero-order chi connectivity index (χ0) is 44.6. The molecular formula is C30H40N7O19P3S-4. The number of nitrogens with one attached hydrogen (secondary N) is 2. The molecule has 0 aliphatic carbocycles. The van der Waals surface area contributed by atoms with E-state index in [0.29, 0.717) is 5.56 Å². The van der Waals surface area contributed by atoms with Crippen LogP contribution in [0, 0.1) is 5.41 Å². The fourth-order valence-electron chi connectivity index (χ4n) is 5.29. The number of ether oxygens (including phenoxy) is 1. The summed E-state index contributed by atoms with van der Waals surface area (Å²) in [5, 5.41) is 45.0. The molecule has 8 atom stereocenters. The highest BCUT2D eigenvalue weighted by Crippen LogP contribution is 2.56. The van der Waals surface area contributed by atoms with Gasteiger partial charge >= 0.3 is 0 Å². The van der Waals surface area contributed by atoms with Gasteiger partial charge in [-0.2, -0.15) is 0 Å². The van der Waals surface area contributed by atoms with Crippen LogP contribution >= 0.6 is 35.2 Å². The van der Waals surface area contributed by atoms with Crippen molar-refractivity contribution in [2.45, 2.75) is 63.4 Å². The molecule has 0 saturated carbocycles. The van der Waals surface area contributed by atoms with Gasteiger partial charge < -0.3 is 79.2 Å². The number of amides is 2. The zero-order valence-corrected chi connectivity index (χ0v) is 34.9. The highest BCUT2D eigenvalue weighted by atomic mass is 32.2. The number of phenols is 1. The van der Waals surface area contributed by atoms with Crippen molar-refractivity contribution in [3.8, 4) is 5.75 Å². The predicted molar refractivity (Wildman–Crippen MR) is 196 cm³/mol. The number of phosphoric ester groups is 3. The number of fused-ring (bicyclic) bond motifs is 1. The summed E-state index contributed by atoms with van der Waals surface area (Å²) < 4.78 is 60.5. The standard InChI is InChI=1S/C30H44N7O19P3S/c1-30(2,24(42)27(43)33-8-7-20(40)32-9-10-60-29(44)18(39)11-16-3-5-17(38)6-4-16)13-53-59(50,51)56-58(48,49)52-12-19-23(55-57(45,46)47)22(41)28(54-19)37-15-36-21-25(31)34-14-35-26(21)37/h3-6,14-15,18-19,22-24,28,38-39,41-42H,7-13H2,1-2H3,(H,32,40)(H,33,43)(H,48,49)(H,50,51)(H2,31,34,35)(H2,45,46,47)/p-4/t18-,19-,22-,23-,24+,28-/m1/s1. The first kappa shape index (κ1) is 49.2. The molecule has 0 spiro atoms. The van der Waals surface area contributed by atoms with Crippen molar-refractivity contribution >= 4 is 69.1 Å². The molecule has 2 aromatic heterocycles. The van der Waals surface area contributed by atoms with Gasteiger partial charge in [-0.05, 0) is 17.7 Å². The highest BCUT2D eigenvalue weighted by Gasteiger charge is 2.47. The summed E-state index contributed by atoms with van der Waals surface area (Å²) in [6, 6.07) is 5.95. The summed E-state index contributed by atoms with van der Waals surface area (Å²) in [5.41, 5.74) is 4.64. The van der Waals surface area contributed by atoms with Crippen LogP contribution < -0.4 is 35.9 Å². The number of benzene rings is 1. The van der Waals surface area contributed by atoms with Gasteiger partial charge in [-0.1, -0.05) is 37.7 Å². The number of rotatable bonds is 22. The average molecular weight is 928 g/mol. The zero-order valence-electron chi connectivity index (χ0n) is 31.4. The van der Waals surface area contributed by atoms with Crippen molar-refractivity contribution in [2.75, 3.05) is 37.8 Å². The molecule has 8 N–H and O–H groups in total. The Morgan fingerprint density at radius 1 is 1.02 bits per heavy atom. The lowest BCUT2D eigenvalue weighted by Crippen LogP contribution is -2.46. The van der Waals surface area contributed by atoms with E-state index in [1.807, 2.05) is 0 Å². The molecule has 0 bridgehead atoms. The maximum absolute atomic E-state index is 12.6. The van der Waals surface area contributed by atoms with E-state index in [-0.39, 0.29) is 54.4 Å². The van der Waals surface area contributed by atoms with Gasteiger partial charge in [0.25, 0.3) is 15.6 Å². The van der Waals surface area contributed by atoms with Crippen LogP contribution in [0.25, 0.3) is 11.2 Å². The van der Waals surface area contributed by atoms with E-state index in [2.05, 4.69) is 43.5 Å². The molecule has 30 heteroatoms. The lowest BCUT2D eigenvalue weighted by atomic mass is 9.87. The van der Waals surface area contributed by atoms with Gasteiger partial charge in [0.2, 0.25) is 16.9 Å². The van der Waals surface area contributed by atoms with Gasteiger partial charge in [0.1, 0.15) is 48.1 Å². The SMILES string of the molecule is CC(C)(COP(=O)([O-])OP(=O)([O-])OC[C@H]1O[C@@H](n2cnc3c(N)ncnc32)[C@H](O)[C@@H]1OP(=O)([O-])[O-])[C@@H](O)C(=O)NCCC(=O)NCCSC(=O)[C@H](O)Cc1ccc(O)cc1. The number of hydrogen-bond donors (Lipinski definition) is 7. The number of aliphatic hydroxyl groups is 3. The molecule has 2 unspecified atom stereocenters. The van der Waals surface area contributed by atoms with Crippen LogP contribution in [0.4, 0.5) is 5.82 Å². The molecule has 26 nitrogen and oxygen atoms in total. The number of aromatic nitrogens is 4. The lowest BCUT2D eigenvalue weighted by Gasteiger charge is -2.36. The fourth-order valence-corrected chi connectivity index (χ4v) is 8.71. The quantitative estimate of drug-likeness (QED) is 0.0379. The lowest BCUT2D eigenvalue weighted by molar-refractivity contribution is -0.347. The Kier molecular flexibility index (Phi) is 16.9. The second kappa shape index (κ2) is 20.6. The molecule has 3 aromatic rings. The Balaban J connectivity index is 1.20. The molecule has 1 aliphatic heterocycles. The van der Waals surface area contributed by atoms with Gasteiger partial charge in [-0.25, -0.2) is 19.3 Å². The molecular weight excluding hydrogens is 887 g/mol. The summed E-state index contributed by atoms with van der Waals surface area (Å²) in [6.07, 6.45) is -9.06. The third-order valence-electron chi connectivity index (χ3n) is 8.36. The number of aromatic hydroxyl groups is 1. The van der Waals surface area contributed by atoms with Crippen molar-refractivity contribution in [2.24, 2.45) is 5.41 Å². The smallest absolute Gasteiger partial charge is 0.274 e. The first-order chi connectivity index (χ1) is 27.9. The van der Waals surface area contributed by atoms with Crippen LogP contribution in [0.1, 0.15) is 32.1 Å². The minimum atomic E-state index is -5.94. The first-order valence-corrected chi connectivity index (χ1v) is 22.7. The van der Waals surface area contributed by atoms with Crippen molar-refractivity contribution in [3.05, 3.63) is 42.5 Å². The molecule has 334 valence electrons. The Hall–Kier alpha value is -3.46. The van der Waals surface area contributed by atoms with E-state index in [9.17, 15) is 68.1 Å². The number of thioether (sulfide) groups is 1. The Morgan fingerprint density at radius 2 is 1.68 bits per heavy atom. The monoisotopic (exact) mass is 927 g/mol. The van der Waals surface area contributed by atoms with E-state index < -0.39 is 95.8 Å². The van der Waals surface area contributed by atoms with Crippen LogP contribution in [0.3, 0.4) is 0 Å². The molecule has 1 saturated heterocycles. The van der Waals surface area contributed by atoms with Crippen LogP contribution in [-0.2, 0) is 57.1 Å². The number of nitrogens with two attached hydrogens (primary N) is 1. The number of hydrogen-bond acceptors (Lipinski definition) is 24. The topological polar surface area (TPSA) is 415 Å². The molecule has 1 fully saturated rings. The summed E-state index contributed by atoms with van der Waals surface area (Å²) >= 11 is 0.790. The number of phenolic OH excluding ortho intramolecular Hbond substituents is 1. The molecule has 1 aliphatic rings. The maximum atomic E-state index is 12.6. The van der Waals surface area contributed by atoms with Gasteiger partial charge in [0, 0.05) is 37.1 Å². The minimum Gasteiger partial charge on any atom is -0.790 e. The number of carbonyl (C=O) groups is 3. The van der Waals surface area contributed by atoms with E-state index in [1.165, 1.54) is 26.0 Å². The van der Waals surface area contributed by atoms with Crippen LogP contribution in [0.15, 0.2) is 36.9 Å². The number of aliphatic hydroxyl groups excluding tert-OH is 3. The number of imidazole rings is 1. The number of phosphoric acid groups is 3. The molecule has 3 heterocycles. The average Bonchev–Trinajstić information content (AvgIpc) is 3.72. The van der Waals surface area contributed by atoms with E-state index in [0.717, 1.165) is 29.0 Å². The van der Waals surface area contributed by atoms with E-state index in [4.69, 9.17) is 10.5 Å². The highest BCUT2D eigenvalue weighted by molar-refractivity contribution is 8.13. The Bertz CT molecular complexity index is 2130. The van der Waals surface area contributed by atoms with Crippen molar-refractivity contribution < 1.29 is 90.7 Å². The Labute approximate surface area is 344 Å². The third-order valence-corrected chi connectivity index (χ3v) is 12.3. The molecule has 60 heavy (non-hydrogen) atoms. The summed E-state index contributed by atoms with van der Waals surface area (Å²) in [4.78, 5) is 96.4. The second-order valence-electron chi connectivity index (χ2n) is 13.5. The third kappa shape index (κ3) is 14.3. The molecule has 0 radical (unpaired) electrons. The summed E-state index contributed by atoms with van der Waals surface area (Å²) in [6.45, 7) is -0.217. The van der Waals surface area contributed by atoms with Crippen LogP contribution in [0.2, 0.25) is 0 Å². The van der Waals surface area contributed by atoms with Gasteiger partial charge in [0.15, 0.2) is 17.7 Å². The van der Waals surface area contributed by atoms with E-state index >= 15 is 0 Å². The van der Waals surface area contributed by atoms with Crippen molar-refractivity contribution in [3.63, 3.8) is 0 Å². The van der Waals surface area contributed by atoms with Gasteiger partial charge in [-0.3, -0.25) is 28.1 Å². The van der Waals surface area contributed by atoms with Crippen molar-refractivity contribution in [1.82, 2.24) is 30.2 Å². The Morgan fingerprint density at radius 3 is 2.35 bits per heavy atom. The number of carbonyl (C=O) groups excluding carboxylic acids is 3. The number of nitrogen functional groups attached to an aromatic ring is 1. The first-order valence-electron chi connectivity index (χ1n) is 17.3. The minimum absolute atomic E-state index is 0.0292. The number of nitrogens with zero attached hydrogens (tertiary/aromatic N) is 4. The fraction of sp³-hybridized carbons (Fsp3) is 0.533.